The molecule has 0 aliphatic rings. The Labute approximate surface area is 162 Å². The molecule has 0 saturated carbocycles. The molecule has 2 N–H and O–H groups in total. The second-order valence-electron chi connectivity index (χ2n) is 6.29. The number of hydrogen-bond acceptors (Lipinski definition) is 6. The maximum atomic E-state index is 13.6. The molecule has 0 radical (unpaired) electrons. The topological polar surface area (TPSA) is 102 Å². The highest BCUT2D eigenvalue weighted by atomic mass is 32.2. The van der Waals surface area contributed by atoms with Gasteiger partial charge in [-0.3, -0.25) is 0 Å². The Morgan fingerprint density at radius 2 is 1.86 bits per heavy atom. The summed E-state index contributed by atoms with van der Waals surface area (Å²) in [6.07, 6.45) is 0. The van der Waals surface area contributed by atoms with Crippen LogP contribution in [0.15, 0.2) is 42.5 Å². The van der Waals surface area contributed by atoms with Crippen LogP contribution in [0.4, 0.5) is 10.2 Å². The summed E-state index contributed by atoms with van der Waals surface area (Å²) in [7, 11) is -3.63. The van der Waals surface area contributed by atoms with Gasteiger partial charge in [0.05, 0.1) is 11.4 Å². The molecule has 0 fully saturated rings. The van der Waals surface area contributed by atoms with Gasteiger partial charge in [-0.25, -0.2) is 22.2 Å². The van der Waals surface area contributed by atoms with Gasteiger partial charge in [0.15, 0.2) is 5.82 Å². The highest BCUT2D eigenvalue weighted by molar-refractivity contribution is 7.88. The van der Waals surface area contributed by atoms with E-state index in [0.29, 0.717) is 18.2 Å². The van der Waals surface area contributed by atoms with Crippen LogP contribution in [-0.4, -0.2) is 41.5 Å². The third-order valence-corrected chi connectivity index (χ3v) is 5.27. The molecular weight excluding hydrogens is 383 g/mol. The Morgan fingerprint density at radius 3 is 2.50 bits per heavy atom. The normalized spacial score (nSPS) is 11.5. The van der Waals surface area contributed by atoms with Gasteiger partial charge in [-0.1, -0.05) is 18.2 Å². The van der Waals surface area contributed by atoms with Gasteiger partial charge >= 0.3 is 0 Å². The monoisotopic (exact) mass is 404 g/mol. The van der Waals surface area contributed by atoms with Crippen molar-refractivity contribution in [3.05, 3.63) is 65.2 Å². The molecule has 3 rings (SSSR count). The molecular formula is C18H21FN6O2S. The van der Waals surface area contributed by atoms with E-state index in [1.54, 1.807) is 22.9 Å². The van der Waals surface area contributed by atoms with Crippen LogP contribution in [0.2, 0.25) is 0 Å². The predicted molar refractivity (Wildman–Crippen MR) is 104 cm³/mol. The van der Waals surface area contributed by atoms with Crippen molar-refractivity contribution in [3.8, 4) is 5.82 Å². The molecule has 0 aliphatic heterocycles. The van der Waals surface area contributed by atoms with Gasteiger partial charge < -0.3 is 5.32 Å². The quantitative estimate of drug-likeness (QED) is 0.557. The maximum absolute atomic E-state index is 13.6. The zero-order chi connectivity index (χ0) is 20.1. The Bertz CT molecular complexity index is 1050. The van der Waals surface area contributed by atoms with E-state index in [1.165, 1.54) is 18.2 Å². The molecule has 2 aromatic heterocycles. The van der Waals surface area contributed by atoms with Crippen LogP contribution < -0.4 is 10.0 Å². The lowest BCUT2D eigenvalue weighted by atomic mass is 10.2. The summed E-state index contributed by atoms with van der Waals surface area (Å²) in [5.74, 6) is 0.167. The Morgan fingerprint density at radius 1 is 1.07 bits per heavy atom. The van der Waals surface area contributed by atoms with Crippen LogP contribution in [0.25, 0.3) is 5.82 Å². The summed E-state index contributed by atoms with van der Waals surface area (Å²) in [4.78, 5) is 0. The second-order valence-corrected chi connectivity index (χ2v) is 8.09. The first-order valence-corrected chi connectivity index (χ1v) is 10.3. The van der Waals surface area contributed by atoms with E-state index in [1.807, 2.05) is 19.9 Å². The minimum atomic E-state index is -3.63. The summed E-state index contributed by atoms with van der Waals surface area (Å²) in [5, 5.41) is 15.5. The van der Waals surface area contributed by atoms with Gasteiger partial charge in [0, 0.05) is 24.3 Å². The van der Waals surface area contributed by atoms with Gasteiger partial charge in [-0.2, -0.15) is 5.10 Å². The molecule has 28 heavy (non-hydrogen) atoms. The molecule has 0 spiro atoms. The lowest BCUT2D eigenvalue weighted by Gasteiger charge is -2.09. The van der Waals surface area contributed by atoms with E-state index in [2.05, 4.69) is 25.3 Å². The minimum absolute atomic E-state index is 0.133. The Hall–Kier alpha value is -2.85. The third-order valence-electron chi connectivity index (χ3n) is 3.93. The standard InChI is InChI=1S/C18H21FN6O2S/c1-13-11-14(2)25(24-13)18-8-7-17(22-23-18)20-9-10-21-28(26,27)12-15-5-3-4-6-16(15)19/h3-8,11,21H,9-10,12H2,1-2H3,(H,20,22). The number of nitrogens with one attached hydrogen (secondary N) is 2. The smallest absolute Gasteiger partial charge is 0.215 e. The SMILES string of the molecule is Cc1cc(C)n(-c2ccc(NCCNS(=O)(=O)Cc3ccccc3F)nn2)n1. The molecule has 1 aromatic carbocycles. The summed E-state index contributed by atoms with van der Waals surface area (Å²) >= 11 is 0. The highest BCUT2D eigenvalue weighted by Gasteiger charge is 2.13. The van der Waals surface area contributed by atoms with Crippen LogP contribution >= 0.6 is 0 Å². The molecule has 0 saturated heterocycles. The molecule has 0 aliphatic carbocycles. The van der Waals surface area contributed by atoms with E-state index in [9.17, 15) is 12.8 Å². The molecule has 3 aromatic rings. The van der Waals surface area contributed by atoms with E-state index in [-0.39, 0.29) is 12.1 Å². The van der Waals surface area contributed by atoms with Crippen LogP contribution in [0.5, 0.6) is 0 Å². The van der Waals surface area contributed by atoms with Crippen molar-refractivity contribution in [1.82, 2.24) is 24.7 Å². The van der Waals surface area contributed by atoms with Gasteiger partial charge in [0.1, 0.15) is 11.6 Å². The van der Waals surface area contributed by atoms with Crippen molar-refractivity contribution < 1.29 is 12.8 Å². The number of aryl methyl sites for hydroxylation is 2. The van der Waals surface area contributed by atoms with Gasteiger partial charge in [0.25, 0.3) is 0 Å². The molecule has 0 atom stereocenters. The highest BCUT2D eigenvalue weighted by Crippen LogP contribution is 2.11. The molecule has 148 valence electrons. The van der Waals surface area contributed by atoms with Gasteiger partial charge in [0.2, 0.25) is 10.0 Å². The average Bonchev–Trinajstić information content (AvgIpc) is 2.99. The number of hydrogen-bond donors (Lipinski definition) is 2. The zero-order valence-corrected chi connectivity index (χ0v) is 16.4. The average molecular weight is 404 g/mol. The number of halogens is 1. The van der Waals surface area contributed by atoms with Crippen molar-refractivity contribution in [2.75, 3.05) is 18.4 Å². The lowest BCUT2D eigenvalue weighted by molar-refractivity contribution is 0.575. The van der Waals surface area contributed by atoms with Crippen LogP contribution in [0.3, 0.4) is 0 Å². The Balaban J connectivity index is 1.50. The van der Waals surface area contributed by atoms with Crippen molar-refractivity contribution in [2.24, 2.45) is 0 Å². The Kier molecular flexibility index (Phi) is 6.00. The summed E-state index contributed by atoms with van der Waals surface area (Å²) in [6, 6.07) is 11.3. The van der Waals surface area contributed by atoms with Gasteiger partial charge in [-0.15, -0.1) is 10.2 Å². The van der Waals surface area contributed by atoms with Crippen molar-refractivity contribution in [3.63, 3.8) is 0 Å². The first kappa shape index (κ1) is 19.9. The molecule has 0 amide bonds. The molecule has 0 unspecified atom stereocenters. The fourth-order valence-corrected chi connectivity index (χ4v) is 3.82. The summed E-state index contributed by atoms with van der Waals surface area (Å²) in [6.45, 7) is 4.28. The van der Waals surface area contributed by atoms with E-state index >= 15 is 0 Å². The number of sulfonamides is 1. The number of anilines is 1. The second kappa shape index (κ2) is 8.44. The van der Waals surface area contributed by atoms with Crippen molar-refractivity contribution >= 4 is 15.8 Å². The maximum Gasteiger partial charge on any atom is 0.215 e. The predicted octanol–water partition coefficient (Wildman–Crippen LogP) is 1.95. The zero-order valence-electron chi connectivity index (χ0n) is 15.6. The van der Waals surface area contributed by atoms with Crippen LogP contribution in [-0.2, 0) is 15.8 Å². The summed E-state index contributed by atoms with van der Waals surface area (Å²) < 4.78 is 41.8. The molecule has 8 nitrogen and oxygen atoms in total. The fraction of sp³-hybridized carbons (Fsp3) is 0.278. The largest absolute Gasteiger partial charge is 0.367 e. The minimum Gasteiger partial charge on any atom is -0.367 e. The van der Waals surface area contributed by atoms with E-state index in [0.717, 1.165) is 11.4 Å². The third kappa shape index (κ3) is 5.11. The number of aromatic nitrogens is 4. The first-order valence-electron chi connectivity index (χ1n) is 8.66. The lowest BCUT2D eigenvalue weighted by Crippen LogP contribution is -2.30. The fourth-order valence-electron chi connectivity index (χ4n) is 2.66. The number of rotatable bonds is 8. The van der Waals surface area contributed by atoms with Crippen LogP contribution in [0, 0.1) is 19.7 Å². The molecule has 10 heteroatoms. The van der Waals surface area contributed by atoms with E-state index < -0.39 is 21.6 Å². The van der Waals surface area contributed by atoms with Gasteiger partial charge in [-0.05, 0) is 38.1 Å². The van der Waals surface area contributed by atoms with Crippen molar-refractivity contribution in [1.29, 1.82) is 0 Å². The summed E-state index contributed by atoms with van der Waals surface area (Å²) in [5.41, 5.74) is 1.98. The molecule has 0 bridgehead atoms. The van der Waals surface area contributed by atoms with E-state index in [4.69, 9.17) is 0 Å². The number of nitrogens with zero attached hydrogens (tertiary/aromatic N) is 4. The first-order chi connectivity index (χ1) is 13.3. The molecule has 2 heterocycles. The van der Waals surface area contributed by atoms with Crippen LogP contribution in [0.1, 0.15) is 17.0 Å². The number of benzene rings is 1. The van der Waals surface area contributed by atoms with Crippen molar-refractivity contribution in [2.45, 2.75) is 19.6 Å².